The Bertz CT molecular complexity index is 140. The zero-order valence-electron chi connectivity index (χ0n) is 7.91. The molecule has 0 rings (SSSR count). The average molecular weight is 196 g/mol. The molecule has 0 atom stereocenters. The van der Waals surface area contributed by atoms with Crippen LogP contribution >= 0.6 is 7.60 Å². The van der Waals surface area contributed by atoms with Gasteiger partial charge >= 0.3 is 7.60 Å². The fraction of sp³-hybridized carbons (Fsp3) is 1.00. The van der Waals surface area contributed by atoms with E-state index < -0.39 is 7.60 Å². The van der Waals surface area contributed by atoms with Crippen molar-refractivity contribution in [3.63, 3.8) is 0 Å². The molecule has 5 heteroatoms. The van der Waals surface area contributed by atoms with Gasteiger partial charge < -0.3 is 13.8 Å². The smallest absolute Gasteiger partial charge is 0.330 e. The average Bonchev–Trinajstić information content (AvgIpc) is 2.12. The van der Waals surface area contributed by atoms with Crippen LogP contribution in [0.5, 0.6) is 0 Å². The summed E-state index contributed by atoms with van der Waals surface area (Å²) in [6.45, 7) is 0.688. The van der Waals surface area contributed by atoms with Crippen LogP contribution in [0.4, 0.5) is 0 Å². The van der Waals surface area contributed by atoms with Gasteiger partial charge in [-0.1, -0.05) is 0 Å². The molecule has 0 amide bonds. The van der Waals surface area contributed by atoms with E-state index in [2.05, 4.69) is 0 Å². The van der Waals surface area contributed by atoms with Crippen molar-refractivity contribution in [2.75, 3.05) is 34.1 Å². The van der Waals surface area contributed by atoms with Crippen molar-refractivity contribution >= 4 is 7.60 Å². The lowest BCUT2D eigenvalue weighted by atomic mass is 10.4. The monoisotopic (exact) mass is 196 g/mol. The molecule has 0 saturated carbocycles. The Hall–Kier alpha value is 0.110. The summed E-state index contributed by atoms with van der Waals surface area (Å²) in [4.78, 5) is 0. The first-order valence-corrected chi connectivity index (χ1v) is 5.61. The van der Waals surface area contributed by atoms with E-state index >= 15 is 0 Å². The standard InChI is InChI=1S/C7H17O4P/c1-9-6-4-5-7-12(8,10-2)11-3/h4-7H2,1-3H3. The SMILES string of the molecule is COCCCCP(=O)(OC)OC. The van der Waals surface area contributed by atoms with Gasteiger partial charge in [0, 0.05) is 27.9 Å². The lowest BCUT2D eigenvalue weighted by molar-refractivity contribution is 0.193. The number of methoxy groups -OCH3 is 1. The molecule has 0 aromatic heterocycles. The minimum absolute atomic E-state index is 0.462. The van der Waals surface area contributed by atoms with E-state index in [1.165, 1.54) is 14.2 Å². The molecule has 0 fully saturated rings. The Balaban J connectivity index is 3.52. The van der Waals surface area contributed by atoms with Crippen LogP contribution in [0.25, 0.3) is 0 Å². The predicted octanol–water partition coefficient (Wildman–Crippen LogP) is 1.90. The van der Waals surface area contributed by atoms with Crippen LogP contribution in [-0.2, 0) is 18.3 Å². The minimum Gasteiger partial charge on any atom is -0.385 e. The van der Waals surface area contributed by atoms with Gasteiger partial charge in [-0.25, -0.2) is 0 Å². The second kappa shape index (κ2) is 6.61. The summed E-state index contributed by atoms with van der Waals surface area (Å²) in [6, 6.07) is 0. The number of hydrogen-bond donors (Lipinski definition) is 0. The first-order chi connectivity index (χ1) is 5.68. The molecular formula is C7H17O4P. The summed E-state index contributed by atoms with van der Waals surface area (Å²) >= 11 is 0. The van der Waals surface area contributed by atoms with Crippen LogP contribution in [0, 0.1) is 0 Å². The fourth-order valence-electron chi connectivity index (χ4n) is 0.809. The molecule has 0 aliphatic carbocycles. The number of ether oxygens (including phenoxy) is 1. The van der Waals surface area contributed by atoms with E-state index in [-0.39, 0.29) is 0 Å². The molecule has 0 heterocycles. The summed E-state index contributed by atoms with van der Waals surface area (Å²) in [5.41, 5.74) is 0. The van der Waals surface area contributed by atoms with Crippen molar-refractivity contribution in [3.05, 3.63) is 0 Å². The largest absolute Gasteiger partial charge is 0.385 e. The molecule has 4 nitrogen and oxygen atoms in total. The predicted molar refractivity (Wildman–Crippen MR) is 47.6 cm³/mol. The summed E-state index contributed by atoms with van der Waals surface area (Å²) in [7, 11) is 1.67. The van der Waals surface area contributed by atoms with Crippen molar-refractivity contribution in [3.8, 4) is 0 Å². The van der Waals surface area contributed by atoms with Crippen molar-refractivity contribution in [2.24, 2.45) is 0 Å². The summed E-state index contributed by atoms with van der Waals surface area (Å²) in [6.07, 6.45) is 2.14. The van der Waals surface area contributed by atoms with Gasteiger partial charge in [0.25, 0.3) is 0 Å². The molecule has 0 unspecified atom stereocenters. The molecule has 0 aliphatic rings. The van der Waals surface area contributed by atoms with Crippen LogP contribution in [0.15, 0.2) is 0 Å². The van der Waals surface area contributed by atoms with Crippen molar-refractivity contribution in [2.45, 2.75) is 12.8 Å². The van der Waals surface area contributed by atoms with Crippen molar-refractivity contribution in [1.82, 2.24) is 0 Å². The third kappa shape index (κ3) is 4.88. The lowest BCUT2D eigenvalue weighted by Crippen LogP contribution is -1.97. The molecule has 0 aromatic carbocycles. The Morgan fingerprint density at radius 3 is 2.08 bits per heavy atom. The van der Waals surface area contributed by atoms with Gasteiger partial charge in [0.15, 0.2) is 0 Å². The third-order valence-electron chi connectivity index (χ3n) is 1.59. The zero-order chi connectivity index (χ0) is 9.45. The maximum Gasteiger partial charge on any atom is 0.330 e. The number of rotatable bonds is 7. The Morgan fingerprint density at radius 2 is 1.67 bits per heavy atom. The second-order valence-electron chi connectivity index (χ2n) is 2.40. The van der Waals surface area contributed by atoms with Crippen molar-refractivity contribution < 1.29 is 18.3 Å². The molecule has 12 heavy (non-hydrogen) atoms. The quantitative estimate of drug-likeness (QED) is 0.460. The van der Waals surface area contributed by atoms with Crippen LogP contribution < -0.4 is 0 Å². The Morgan fingerprint density at radius 1 is 1.08 bits per heavy atom. The van der Waals surface area contributed by atoms with Gasteiger partial charge in [0.2, 0.25) is 0 Å². The molecule has 0 saturated heterocycles. The van der Waals surface area contributed by atoms with E-state index in [1.54, 1.807) is 7.11 Å². The topological polar surface area (TPSA) is 44.8 Å². The van der Waals surface area contributed by atoms with Gasteiger partial charge in [-0.2, -0.15) is 0 Å². The van der Waals surface area contributed by atoms with E-state index in [0.717, 1.165) is 12.8 Å². The number of hydrogen-bond acceptors (Lipinski definition) is 4. The normalized spacial score (nSPS) is 11.9. The van der Waals surface area contributed by atoms with Gasteiger partial charge in [-0.15, -0.1) is 0 Å². The molecule has 74 valence electrons. The van der Waals surface area contributed by atoms with Crippen LogP contribution in [-0.4, -0.2) is 34.1 Å². The summed E-state index contributed by atoms with van der Waals surface area (Å²) in [5, 5.41) is 0. The first-order valence-electron chi connectivity index (χ1n) is 3.88. The molecule has 0 bridgehead atoms. The van der Waals surface area contributed by atoms with Gasteiger partial charge in [0.05, 0.1) is 6.16 Å². The van der Waals surface area contributed by atoms with Crippen molar-refractivity contribution in [1.29, 1.82) is 0 Å². The highest BCUT2D eigenvalue weighted by atomic mass is 31.2. The number of unbranched alkanes of at least 4 members (excludes halogenated alkanes) is 1. The maximum atomic E-state index is 11.4. The van der Waals surface area contributed by atoms with E-state index in [0.29, 0.717) is 12.8 Å². The lowest BCUT2D eigenvalue weighted by Gasteiger charge is -2.12. The minimum atomic E-state index is -2.78. The summed E-state index contributed by atoms with van der Waals surface area (Å²) in [5.74, 6) is 0. The highest BCUT2D eigenvalue weighted by molar-refractivity contribution is 7.53. The van der Waals surface area contributed by atoms with Gasteiger partial charge in [0.1, 0.15) is 0 Å². The van der Waals surface area contributed by atoms with E-state index in [9.17, 15) is 4.57 Å². The van der Waals surface area contributed by atoms with Crippen LogP contribution in [0.3, 0.4) is 0 Å². The van der Waals surface area contributed by atoms with E-state index in [4.69, 9.17) is 13.8 Å². The van der Waals surface area contributed by atoms with E-state index in [1.807, 2.05) is 0 Å². The molecular weight excluding hydrogens is 179 g/mol. The zero-order valence-corrected chi connectivity index (χ0v) is 8.80. The Kier molecular flexibility index (Phi) is 6.67. The highest BCUT2D eigenvalue weighted by Gasteiger charge is 2.19. The first kappa shape index (κ1) is 12.1. The molecule has 0 radical (unpaired) electrons. The van der Waals surface area contributed by atoms with Crippen LogP contribution in [0.1, 0.15) is 12.8 Å². The molecule has 0 aliphatic heterocycles. The maximum absolute atomic E-state index is 11.4. The second-order valence-corrected chi connectivity index (χ2v) is 4.80. The summed E-state index contributed by atoms with van der Waals surface area (Å²) < 4.78 is 25.8. The Labute approximate surface area is 73.7 Å². The molecule has 0 spiro atoms. The van der Waals surface area contributed by atoms with Gasteiger partial charge in [-0.3, -0.25) is 4.57 Å². The fourth-order valence-corrected chi connectivity index (χ4v) is 1.93. The third-order valence-corrected chi connectivity index (χ3v) is 3.56. The molecule has 0 aromatic rings. The van der Waals surface area contributed by atoms with Gasteiger partial charge in [-0.05, 0) is 12.8 Å². The molecule has 0 N–H and O–H groups in total. The highest BCUT2D eigenvalue weighted by Crippen LogP contribution is 2.46. The van der Waals surface area contributed by atoms with Crippen LogP contribution in [0.2, 0.25) is 0 Å².